The maximum Gasteiger partial charge on any atom is 0.479 e. The van der Waals surface area contributed by atoms with Gasteiger partial charge in [-0.05, 0) is 24.5 Å². The van der Waals surface area contributed by atoms with Gasteiger partial charge in [0.2, 0.25) is 0 Å². The van der Waals surface area contributed by atoms with Crippen molar-refractivity contribution in [2.75, 3.05) is 0 Å². The fourth-order valence-corrected chi connectivity index (χ4v) is 3.41. The molecular formula is C15H16F3NOS. The van der Waals surface area contributed by atoms with E-state index in [0.29, 0.717) is 12.2 Å². The van der Waals surface area contributed by atoms with Crippen molar-refractivity contribution in [1.29, 1.82) is 0 Å². The van der Waals surface area contributed by atoms with E-state index in [4.69, 9.17) is 4.18 Å². The number of halogens is 3. The number of rotatable bonds is 4. The number of benzene rings is 1. The molecule has 2 aliphatic heterocycles. The number of alkyl halides is 3. The Labute approximate surface area is 126 Å². The monoisotopic (exact) mass is 315 g/mol. The molecule has 114 valence electrons. The van der Waals surface area contributed by atoms with Crippen LogP contribution >= 0.6 is 12.0 Å². The van der Waals surface area contributed by atoms with E-state index in [1.807, 2.05) is 24.3 Å². The van der Waals surface area contributed by atoms with Crippen molar-refractivity contribution in [3.63, 3.8) is 0 Å². The summed E-state index contributed by atoms with van der Waals surface area (Å²) < 4.78 is 41.4. The van der Waals surface area contributed by atoms with Crippen LogP contribution in [0.1, 0.15) is 24.8 Å². The Morgan fingerprint density at radius 3 is 2.62 bits per heavy atom. The third-order valence-corrected chi connectivity index (χ3v) is 4.44. The smallest absolute Gasteiger partial charge is 0.422 e. The molecule has 0 aliphatic carbocycles. The van der Waals surface area contributed by atoms with Crippen LogP contribution in [0.3, 0.4) is 0 Å². The second kappa shape index (κ2) is 5.93. The average molecular weight is 315 g/mol. The minimum absolute atomic E-state index is 0.188. The summed E-state index contributed by atoms with van der Waals surface area (Å²) in [5.41, 5.74) is -3.11. The molecule has 1 aromatic rings. The van der Waals surface area contributed by atoms with E-state index in [1.54, 1.807) is 0 Å². The van der Waals surface area contributed by atoms with Crippen LogP contribution in [-0.4, -0.2) is 22.5 Å². The van der Waals surface area contributed by atoms with Gasteiger partial charge in [-0.25, -0.2) is 0 Å². The van der Waals surface area contributed by atoms with Crippen LogP contribution < -0.4 is 0 Å². The predicted molar refractivity (Wildman–Crippen MR) is 76.2 cm³/mol. The maximum atomic E-state index is 12.2. The Kier molecular flexibility index (Phi) is 4.17. The molecule has 0 amide bonds. The Bertz CT molecular complexity index is 517. The Hall–Kier alpha value is -1.14. The lowest BCUT2D eigenvalue weighted by atomic mass is 10.1. The van der Waals surface area contributed by atoms with Crippen molar-refractivity contribution >= 4 is 12.0 Å². The van der Waals surface area contributed by atoms with Crippen LogP contribution in [-0.2, 0) is 10.7 Å². The molecule has 1 fully saturated rings. The molecule has 2 unspecified atom stereocenters. The first-order chi connectivity index (χ1) is 10.0. The first-order valence-corrected chi connectivity index (χ1v) is 7.68. The fraction of sp³-hybridized carbons (Fsp3) is 0.467. The normalized spacial score (nSPS) is 25.8. The van der Waals surface area contributed by atoms with E-state index in [0.717, 1.165) is 19.4 Å². The van der Waals surface area contributed by atoms with E-state index < -0.39 is 17.6 Å². The second-order valence-corrected chi connectivity index (χ2v) is 6.20. The lowest BCUT2D eigenvalue weighted by Gasteiger charge is -2.33. The molecule has 0 radical (unpaired) electrons. The first-order valence-electron chi connectivity index (χ1n) is 6.94. The third-order valence-electron chi connectivity index (χ3n) is 3.96. The molecule has 2 aliphatic rings. The van der Waals surface area contributed by atoms with E-state index >= 15 is 0 Å². The Balaban J connectivity index is 1.64. The van der Waals surface area contributed by atoms with Crippen LogP contribution in [0.5, 0.6) is 0 Å². The Morgan fingerprint density at radius 2 is 1.95 bits per heavy atom. The molecule has 0 aromatic heterocycles. The van der Waals surface area contributed by atoms with Crippen LogP contribution in [0.2, 0.25) is 0 Å². The summed E-state index contributed by atoms with van der Waals surface area (Å²) in [5, 5.41) is 0. The standard InChI is InChI=1S/C15H16F3NOS/c16-15(17,18)21-20-14-8-12-6-7-13(9-14)19(12)10-11-4-2-1-3-5-11/h1-5,8,12-13H,6-7,9-10H2. The molecule has 2 atom stereocenters. The second-order valence-electron chi connectivity index (χ2n) is 5.41. The van der Waals surface area contributed by atoms with Gasteiger partial charge in [-0.2, -0.15) is 13.2 Å². The molecule has 0 spiro atoms. The molecule has 2 nitrogen and oxygen atoms in total. The van der Waals surface area contributed by atoms with Gasteiger partial charge in [0, 0.05) is 25.0 Å². The van der Waals surface area contributed by atoms with Crippen LogP contribution in [0.4, 0.5) is 13.2 Å². The molecule has 0 N–H and O–H groups in total. The largest absolute Gasteiger partial charge is 0.479 e. The summed E-state index contributed by atoms with van der Waals surface area (Å²) >= 11 is -0.410. The van der Waals surface area contributed by atoms with Gasteiger partial charge in [-0.15, -0.1) is 0 Å². The number of hydrogen-bond acceptors (Lipinski definition) is 3. The van der Waals surface area contributed by atoms with Crippen molar-refractivity contribution in [2.45, 2.75) is 43.4 Å². The van der Waals surface area contributed by atoms with E-state index in [1.165, 1.54) is 5.56 Å². The highest BCUT2D eigenvalue weighted by Crippen LogP contribution is 2.40. The fourth-order valence-electron chi connectivity index (χ4n) is 3.08. The van der Waals surface area contributed by atoms with Gasteiger partial charge >= 0.3 is 5.51 Å². The number of fused-ring (bicyclic) bond motifs is 2. The summed E-state index contributed by atoms with van der Waals surface area (Å²) in [7, 11) is 0. The number of hydrogen-bond donors (Lipinski definition) is 0. The molecule has 1 aromatic carbocycles. The van der Waals surface area contributed by atoms with E-state index in [9.17, 15) is 13.2 Å². The summed E-state index contributed by atoms with van der Waals surface area (Å²) in [6.07, 6.45) is 4.41. The van der Waals surface area contributed by atoms with Gasteiger partial charge in [0.1, 0.15) is 5.76 Å². The molecule has 2 heterocycles. The third kappa shape index (κ3) is 3.74. The van der Waals surface area contributed by atoms with Crippen molar-refractivity contribution < 1.29 is 17.4 Å². The summed E-state index contributed by atoms with van der Waals surface area (Å²) in [6, 6.07) is 10.6. The van der Waals surface area contributed by atoms with Gasteiger partial charge in [0.15, 0.2) is 12.0 Å². The minimum Gasteiger partial charge on any atom is -0.422 e. The summed E-state index contributed by atoms with van der Waals surface area (Å²) in [4.78, 5) is 2.36. The zero-order valence-electron chi connectivity index (χ0n) is 11.3. The molecule has 3 rings (SSSR count). The van der Waals surface area contributed by atoms with Crippen molar-refractivity contribution in [1.82, 2.24) is 4.90 Å². The van der Waals surface area contributed by atoms with Crippen LogP contribution in [0.15, 0.2) is 42.2 Å². The highest BCUT2D eigenvalue weighted by molar-refractivity contribution is 7.95. The van der Waals surface area contributed by atoms with Gasteiger partial charge in [0.05, 0.1) is 0 Å². The van der Waals surface area contributed by atoms with Gasteiger partial charge in [0.25, 0.3) is 0 Å². The quantitative estimate of drug-likeness (QED) is 0.760. The zero-order valence-corrected chi connectivity index (χ0v) is 12.2. The van der Waals surface area contributed by atoms with Gasteiger partial charge < -0.3 is 4.18 Å². The maximum absolute atomic E-state index is 12.2. The molecule has 1 saturated heterocycles. The van der Waals surface area contributed by atoms with Crippen molar-refractivity contribution in [3.05, 3.63) is 47.7 Å². The van der Waals surface area contributed by atoms with Crippen LogP contribution in [0, 0.1) is 0 Å². The average Bonchev–Trinajstić information content (AvgIpc) is 2.69. The molecule has 0 saturated carbocycles. The Morgan fingerprint density at radius 1 is 1.19 bits per heavy atom. The first kappa shape index (κ1) is 14.8. The van der Waals surface area contributed by atoms with Gasteiger partial charge in [-0.3, -0.25) is 4.90 Å². The molecule has 2 bridgehead atoms. The highest BCUT2D eigenvalue weighted by atomic mass is 32.2. The van der Waals surface area contributed by atoms with E-state index in [2.05, 4.69) is 17.0 Å². The van der Waals surface area contributed by atoms with Crippen molar-refractivity contribution in [3.8, 4) is 0 Å². The summed E-state index contributed by atoms with van der Waals surface area (Å²) in [5.74, 6) is 0.467. The molecular weight excluding hydrogens is 299 g/mol. The molecule has 21 heavy (non-hydrogen) atoms. The topological polar surface area (TPSA) is 12.5 Å². The molecule has 6 heteroatoms. The lowest BCUT2D eigenvalue weighted by molar-refractivity contribution is -0.0387. The zero-order chi connectivity index (χ0) is 14.9. The van der Waals surface area contributed by atoms with Gasteiger partial charge in [-0.1, -0.05) is 30.3 Å². The SMILES string of the molecule is FC(F)(F)SOC1=CC2CCC(C1)N2Cc1ccccc1. The number of nitrogens with zero attached hydrogens (tertiary/aromatic N) is 1. The van der Waals surface area contributed by atoms with Crippen LogP contribution in [0.25, 0.3) is 0 Å². The van der Waals surface area contributed by atoms with Crippen molar-refractivity contribution in [2.24, 2.45) is 0 Å². The minimum atomic E-state index is -4.35. The lowest BCUT2D eigenvalue weighted by Crippen LogP contribution is -2.38. The highest BCUT2D eigenvalue weighted by Gasteiger charge is 2.39. The van der Waals surface area contributed by atoms with E-state index in [-0.39, 0.29) is 12.1 Å². The predicted octanol–water partition coefficient (Wildman–Crippen LogP) is 4.49. The summed E-state index contributed by atoms with van der Waals surface area (Å²) in [6.45, 7) is 0.840.